The summed E-state index contributed by atoms with van der Waals surface area (Å²) in [4.78, 5) is 48.0. The first kappa shape index (κ1) is 23.8. The molecule has 0 spiro atoms. The van der Waals surface area contributed by atoms with Crippen LogP contribution in [0.1, 0.15) is 11.1 Å². The number of amides is 3. The number of rotatable bonds is 6. The Balaban J connectivity index is 1.76. The summed E-state index contributed by atoms with van der Waals surface area (Å²) in [5.41, 5.74) is -1.22. The van der Waals surface area contributed by atoms with E-state index in [9.17, 15) is 37.7 Å². The highest BCUT2D eigenvalue weighted by Crippen LogP contribution is 2.35. The lowest BCUT2D eigenvalue weighted by atomic mass is 10.1. The van der Waals surface area contributed by atoms with Crippen molar-refractivity contribution in [2.75, 3.05) is 19.0 Å². The van der Waals surface area contributed by atoms with E-state index in [4.69, 9.17) is 4.74 Å². The molecule has 0 radical (unpaired) electrons. The maximum Gasteiger partial charge on any atom is 0.416 e. The molecule has 1 aliphatic heterocycles. The molecule has 0 atom stereocenters. The lowest BCUT2D eigenvalue weighted by molar-refractivity contribution is -0.384. The molecule has 1 aliphatic rings. The number of carbonyl (C=O) groups excluding carboxylic acids is 3. The van der Waals surface area contributed by atoms with Gasteiger partial charge in [-0.15, -0.1) is 0 Å². The predicted molar refractivity (Wildman–Crippen MR) is 112 cm³/mol. The topological polar surface area (TPSA) is 119 Å². The molecular weight excluding hydrogens is 467 g/mol. The van der Waals surface area contributed by atoms with E-state index in [2.05, 4.69) is 5.32 Å². The monoisotopic (exact) mass is 481 g/mol. The van der Waals surface area contributed by atoms with Crippen molar-refractivity contribution in [1.82, 2.24) is 4.90 Å². The molecule has 3 rings (SSSR count). The van der Waals surface area contributed by atoms with Gasteiger partial charge in [-0.25, -0.2) is 0 Å². The summed E-state index contributed by atoms with van der Waals surface area (Å²) in [7, 11) is 1.20. The Morgan fingerprint density at radius 1 is 1.24 bits per heavy atom. The first-order chi connectivity index (χ1) is 15.5. The summed E-state index contributed by atoms with van der Waals surface area (Å²) in [5, 5.41) is 12.3. The first-order valence-electron chi connectivity index (χ1n) is 9.04. The highest BCUT2D eigenvalue weighted by Gasteiger charge is 2.37. The van der Waals surface area contributed by atoms with Gasteiger partial charge >= 0.3 is 6.18 Å². The third-order valence-electron chi connectivity index (χ3n) is 4.35. The van der Waals surface area contributed by atoms with E-state index in [0.29, 0.717) is 28.3 Å². The van der Waals surface area contributed by atoms with Gasteiger partial charge in [0.2, 0.25) is 5.91 Å². The van der Waals surface area contributed by atoms with Crippen molar-refractivity contribution >= 4 is 46.3 Å². The van der Waals surface area contributed by atoms with Crippen LogP contribution in [0.5, 0.6) is 5.75 Å². The van der Waals surface area contributed by atoms with Crippen molar-refractivity contribution < 1.29 is 37.2 Å². The van der Waals surface area contributed by atoms with Crippen LogP contribution in [0.25, 0.3) is 6.08 Å². The Morgan fingerprint density at radius 2 is 1.97 bits per heavy atom. The van der Waals surface area contributed by atoms with E-state index < -0.39 is 40.3 Å². The Bertz CT molecular complexity index is 1180. The van der Waals surface area contributed by atoms with Crippen LogP contribution in [0.4, 0.5) is 29.3 Å². The number of nitrogens with zero attached hydrogens (tertiary/aromatic N) is 2. The highest BCUT2D eigenvalue weighted by atomic mass is 32.2. The van der Waals surface area contributed by atoms with Gasteiger partial charge in [0.1, 0.15) is 12.3 Å². The minimum atomic E-state index is -4.66. The van der Waals surface area contributed by atoms with Crippen molar-refractivity contribution in [2.24, 2.45) is 0 Å². The quantitative estimate of drug-likeness (QED) is 0.371. The number of imide groups is 1. The number of non-ortho nitro benzene ring substituents is 1. The van der Waals surface area contributed by atoms with Gasteiger partial charge in [0.05, 0.1) is 28.2 Å². The Kier molecular flexibility index (Phi) is 6.72. The average Bonchev–Trinajstić information content (AvgIpc) is 3.00. The number of nitrogens with one attached hydrogen (secondary N) is 1. The van der Waals surface area contributed by atoms with E-state index in [1.807, 2.05) is 0 Å². The summed E-state index contributed by atoms with van der Waals surface area (Å²) < 4.78 is 43.8. The van der Waals surface area contributed by atoms with E-state index in [0.717, 1.165) is 12.1 Å². The van der Waals surface area contributed by atoms with Crippen molar-refractivity contribution in [3.63, 3.8) is 0 Å². The summed E-state index contributed by atoms with van der Waals surface area (Å²) in [6, 6.07) is 7.85. The summed E-state index contributed by atoms with van der Waals surface area (Å²) in [6.45, 7) is -0.754. The number of carbonyl (C=O) groups is 3. The van der Waals surface area contributed by atoms with Crippen LogP contribution in [0.2, 0.25) is 0 Å². The van der Waals surface area contributed by atoms with Gasteiger partial charge in [-0.3, -0.25) is 29.4 Å². The average molecular weight is 481 g/mol. The van der Waals surface area contributed by atoms with Crippen LogP contribution >= 0.6 is 11.8 Å². The fraction of sp³-hybridized carbons (Fsp3) is 0.150. The van der Waals surface area contributed by atoms with Crippen LogP contribution in [-0.4, -0.2) is 40.5 Å². The number of benzene rings is 2. The second kappa shape index (κ2) is 9.32. The number of methoxy groups -OCH3 is 1. The number of hydrogen-bond acceptors (Lipinski definition) is 7. The van der Waals surface area contributed by atoms with Gasteiger partial charge in [-0.05, 0) is 41.6 Å². The third kappa shape index (κ3) is 5.49. The van der Waals surface area contributed by atoms with Crippen molar-refractivity contribution in [1.29, 1.82) is 0 Å². The molecule has 1 heterocycles. The molecular formula is C20H14F3N3O6S. The molecule has 13 heteroatoms. The highest BCUT2D eigenvalue weighted by molar-refractivity contribution is 8.18. The minimum Gasteiger partial charge on any atom is -0.495 e. The van der Waals surface area contributed by atoms with Gasteiger partial charge in [0.15, 0.2) is 0 Å². The van der Waals surface area contributed by atoms with Crippen LogP contribution in [-0.2, 0) is 15.8 Å². The smallest absolute Gasteiger partial charge is 0.416 e. The predicted octanol–water partition coefficient (Wildman–Crippen LogP) is 4.30. The maximum atomic E-state index is 13.0. The first-order valence-corrected chi connectivity index (χ1v) is 9.86. The van der Waals surface area contributed by atoms with Crippen molar-refractivity contribution in [3.8, 4) is 5.75 Å². The van der Waals surface area contributed by atoms with E-state index in [1.165, 1.54) is 37.5 Å². The van der Waals surface area contributed by atoms with Crippen LogP contribution in [0.15, 0.2) is 47.4 Å². The largest absolute Gasteiger partial charge is 0.495 e. The zero-order valence-electron chi connectivity index (χ0n) is 16.7. The van der Waals surface area contributed by atoms with E-state index in [1.54, 1.807) is 0 Å². The Hall–Kier alpha value is -3.87. The Morgan fingerprint density at radius 3 is 2.61 bits per heavy atom. The number of hydrogen-bond donors (Lipinski definition) is 1. The van der Waals surface area contributed by atoms with Crippen LogP contribution in [0.3, 0.4) is 0 Å². The molecule has 0 aliphatic carbocycles. The number of ether oxygens (including phenoxy) is 1. The molecule has 9 nitrogen and oxygen atoms in total. The molecule has 3 amide bonds. The standard InChI is InChI=1S/C20H14F3N3O6S/c1-32-15-6-5-12(20(21,22)23)9-14(15)24-17(27)10-25-18(28)16(33-19(25)29)8-11-3-2-4-13(7-11)26(30)31/h2-9H,10H2,1H3,(H,24,27)/b16-8-. The van der Waals surface area contributed by atoms with Gasteiger partial charge in [0.25, 0.3) is 16.8 Å². The second-order valence-corrected chi connectivity index (χ2v) is 7.57. The minimum absolute atomic E-state index is 0.0453. The number of nitro benzene ring substituents is 1. The number of thioether (sulfide) groups is 1. The van der Waals surface area contributed by atoms with Gasteiger partial charge in [-0.2, -0.15) is 13.2 Å². The maximum absolute atomic E-state index is 13.0. The Labute approximate surface area is 188 Å². The van der Waals surface area contributed by atoms with E-state index in [-0.39, 0.29) is 22.0 Å². The van der Waals surface area contributed by atoms with Crippen LogP contribution in [0, 0.1) is 10.1 Å². The fourth-order valence-corrected chi connectivity index (χ4v) is 3.67. The van der Waals surface area contributed by atoms with Gasteiger partial charge in [0, 0.05) is 12.1 Å². The SMILES string of the molecule is COc1ccc(C(F)(F)F)cc1NC(=O)CN1C(=O)S/C(=C\c2cccc([N+](=O)[O-])c2)C1=O. The third-order valence-corrected chi connectivity index (χ3v) is 5.26. The summed E-state index contributed by atoms with van der Waals surface area (Å²) in [6.07, 6.45) is -3.39. The molecule has 33 heavy (non-hydrogen) atoms. The molecule has 0 unspecified atom stereocenters. The number of anilines is 1. The number of halogens is 3. The molecule has 0 aromatic heterocycles. The number of nitro groups is 1. The lowest BCUT2D eigenvalue weighted by Gasteiger charge is -2.16. The molecule has 2 aromatic carbocycles. The zero-order chi connectivity index (χ0) is 24.3. The molecule has 1 fully saturated rings. The molecule has 1 N–H and O–H groups in total. The second-order valence-electron chi connectivity index (χ2n) is 6.58. The van der Waals surface area contributed by atoms with E-state index >= 15 is 0 Å². The molecule has 0 saturated carbocycles. The zero-order valence-corrected chi connectivity index (χ0v) is 17.5. The fourth-order valence-electron chi connectivity index (χ4n) is 2.83. The normalized spacial score (nSPS) is 15.2. The summed E-state index contributed by atoms with van der Waals surface area (Å²) in [5.74, 6) is -1.79. The molecule has 1 saturated heterocycles. The molecule has 2 aromatic rings. The van der Waals surface area contributed by atoms with Gasteiger partial charge < -0.3 is 10.1 Å². The number of alkyl halides is 3. The van der Waals surface area contributed by atoms with Crippen molar-refractivity contribution in [3.05, 3.63) is 68.6 Å². The van der Waals surface area contributed by atoms with Crippen molar-refractivity contribution in [2.45, 2.75) is 6.18 Å². The van der Waals surface area contributed by atoms with Crippen LogP contribution < -0.4 is 10.1 Å². The molecule has 172 valence electrons. The van der Waals surface area contributed by atoms with Gasteiger partial charge in [-0.1, -0.05) is 12.1 Å². The lowest BCUT2D eigenvalue weighted by Crippen LogP contribution is -2.36. The molecule has 0 bridgehead atoms. The summed E-state index contributed by atoms with van der Waals surface area (Å²) >= 11 is 0.528.